The predicted molar refractivity (Wildman–Crippen MR) is 78.9 cm³/mol. The van der Waals surface area contributed by atoms with Gasteiger partial charge in [-0.15, -0.1) is 5.10 Å². The Morgan fingerprint density at radius 3 is 1.91 bits per heavy atom. The third-order valence-electron chi connectivity index (χ3n) is 3.59. The molecule has 0 unspecified atom stereocenters. The highest BCUT2D eigenvalue weighted by Gasteiger charge is 2.36. The van der Waals surface area contributed by atoms with Crippen molar-refractivity contribution in [1.82, 2.24) is 15.0 Å². The van der Waals surface area contributed by atoms with Gasteiger partial charge in [0.25, 0.3) is 11.8 Å². The van der Waals surface area contributed by atoms with Crippen molar-refractivity contribution in [2.24, 2.45) is 0 Å². The lowest BCUT2D eigenvalue weighted by atomic mass is 10.1. The number of imide groups is 1. The molecule has 0 fully saturated rings. The fourth-order valence-electron chi connectivity index (χ4n) is 2.52. The van der Waals surface area contributed by atoms with E-state index >= 15 is 0 Å². The topological polar surface area (TPSA) is 68.1 Å². The van der Waals surface area contributed by atoms with Crippen LogP contribution in [0.2, 0.25) is 0 Å². The molecular weight excluding hydrogens is 280 g/mol. The Balaban J connectivity index is 1.72. The number of carbonyl (C=O) groups is 2. The average Bonchev–Trinajstić information content (AvgIpc) is 3.17. The molecule has 1 aromatic heterocycles. The Labute approximate surface area is 125 Å². The minimum atomic E-state index is -0.297. The Kier molecular flexibility index (Phi) is 2.62. The second-order valence-electron chi connectivity index (χ2n) is 4.86. The van der Waals surface area contributed by atoms with Crippen molar-refractivity contribution in [3.05, 3.63) is 72.1 Å². The lowest BCUT2D eigenvalue weighted by Gasteiger charge is -2.14. The molecule has 2 aromatic carbocycles. The van der Waals surface area contributed by atoms with E-state index in [1.165, 1.54) is 4.90 Å². The molecule has 0 aliphatic carbocycles. The first-order valence-electron chi connectivity index (χ1n) is 6.70. The van der Waals surface area contributed by atoms with E-state index in [4.69, 9.17) is 0 Å². The summed E-state index contributed by atoms with van der Waals surface area (Å²) in [5.41, 5.74) is 2.22. The normalized spacial score (nSPS) is 13.5. The molecule has 106 valence electrons. The van der Waals surface area contributed by atoms with Crippen LogP contribution in [0.5, 0.6) is 0 Å². The minimum Gasteiger partial charge on any atom is -0.268 e. The average molecular weight is 290 g/mol. The van der Waals surface area contributed by atoms with Gasteiger partial charge in [0.15, 0.2) is 0 Å². The van der Waals surface area contributed by atoms with E-state index in [9.17, 15) is 9.59 Å². The number of carbonyl (C=O) groups excluding carboxylic acids is 2. The van der Waals surface area contributed by atoms with Gasteiger partial charge in [0.2, 0.25) is 0 Å². The molecule has 0 N–H and O–H groups in total. The molecule has 2 amide bonds. The summed E-state index contributed by atoms with van der Waals surface area (Å²) in [4.78, 5) is 26.0. The maximum atomic E-state index is 12.4. The van der Waals surface area contributed by atoms with Crippen LogP contribution in [-0.2, 0) is 0 Å². The Morgan fingerprint density at radius 2 is 1.36 bits per heavy atom. The highest BCUT2D eigenvalue weighted by Crippen LogP contribution is 2.28. The first-order chi connectivity index (χ1) is 10.8. The molecule has 0 saturated carbocycles. The van der Waals surface area contributed by atoms with Crippen LogP contribution in [0.4, 0.5) is 5.69 Å². The van der Waals surface area contributed by atoms with Crippen LogP contribution >= 0.6 is 0 Å². The highest BCUT2D eigenvalue weighted by molar-refractivity contribution is 6.34. The molecule has 1 aliphatic heterocycles. The number of nitrogens with zero attached hydrogens (tertiary/aromatic N) is 4. The zero-order valence-electron chi connectivity index (χ0n) is 11.4. The first-order valence-corrected chi connectivity index (χ1v) is 6.70. The monoisotopic (exact) mass is 290 g/mol. The van der Waals surface area contributed by atoms with Crippen LogP contribution in [0.1, 0.15) is 20.7 Å². The van der Waals surface area contributed by atoms with E-state index in [1.807, 2.05) is 0 Å². The maximum absolute atomic E-state index is 12.4. The number of anilines is 1. The van der Waals surface area contributed by atoms with Gasteiger partial charge in [-0.05, 0) is 36.4 Å². The highest BCUT2D eigenvalue weighted by atomic mass is 16.2. The van der Waals surface area contributed by atoms with E-state index in [2.05, 4.69) is 10.3 Å². The van der Waals surface area contributed by atoms with Gasteiger partial charge in [0, 0.05) is 0 Å². The van der Waals surface area contributed by atoms with E-state index in [0.29, 0.717) is 16.8 Å². The van der Waals surface area contributed by atoms with Crippen molar-refractivity contribution in [1.29, 1.82) is 0 Å². The summed E-state index contributed by atoms with van der Waals surface area (Å²) in [6.45, 7) is 0. The Hall–Kier alpha value is -3.28. The lowest BCUT2D eigenvalue weighted by Crippen LogP contribution is -2.29. The predicted octanol–water partition coefficient (Wildman–Crippen LogP) is 2.07. The van der Waals surface area contributed by atoms with Crippen molar-refractivity contribution < 1.29 is 9.59 Å². The second kappa shape index (κ2) is 4.63. The van der Waals surface area contributed by atoms with Crippen molar-refractivity contribution in [2.75, 3.05) is 4.90 Å². The zero-order chi connectivity index (χ0) is 15.1. The minimum absolute atomic E-state index is 0.297. The van der Waals surface area contributed by atoms with Gasteiger partial charge in [-0.25, -0.2) is 9.58 Å². The summed E-state index contributed by atoms with van der Waals surface area (Å²) < 4.78 is 1.60. The van der Waals surface area contributed by atoms with E-state index in [1.54, 1.807) is 65.6 Å². The number of benzene rings is 2. The third-order valence-corrected chi connectivity index (χ3v) is 3.59. The summed E-state index contributed by atoms with van der Waals surface area (Å²) in [6.07, 6.45) is 3.30. The first kappa shape index (κ1) is 12.5. The van der Waals surface area contributed by atoms with Crippen molar-refractivity contribution in [2.45, 2.75) is 0 Å². The van der Waals surface area contributed by atoms with Gasteiger partial charge >= 0.3 is 0 Å². The number of aromatic nitrogens is 3. The molecule has 22 heavy (non-hydrogen) atoms. The van der Waals surface area contributed by atoms with E-state index in [-0.39, 0.29) is 11.8 Å². The number of fused-ring (bicyclic) bond motifs is 1. The summed E-state index contributed by atoms with van der Waals surface area (Å²) >= 11 is 0. The largest absolute Gasteiger partial charge is 0.268 e. The molecule has 1 aliphatic rings. The van der Waals surface area contributed by atoms with Gasteiger partial charge in [0.1, 0.15) is 0 Å². The standard InChI is InChI=1S/C16H10N4O2/c21-15-13-3-1-2-4-14(13)16(22)20(15)12-7-5-11(6-8-12)19-10-9-17-18-19/h1-10H. The molecule has 0 radical (unpaired) electrons. The molecule has 3 aromatic rings. The summed E-state index contributed by atoms with van der Waals surface area (Å²) in [5, 5.41) is 7.64. The Morgan fingerprint density at radius 1 is 0.773 bits per heavy atom. The van der Waals surface area contributed by atoms with E-state index in [0.717, 1.165) is 5.69 Å². The van der Waals surface area contributed by atoms with Gasteiger partial charge in [-0.2, -0.15) is 0 Å². The summed E-state index contributed by atoms with van der Waals surface area (Å²) in [6, 6.07) is 13.8. The maximum Gasteiger partial charge on any atom is 0.266 e. The zero-order valence-corrected chi connectivity index (χ0v) is 11.4. The number of hydrogen-bond acceptors (Lipinski definition) is 4. The van der Waals surface area contributed by atoms with Crippen molar-refractivity contribution in [3.8, 4) is 5.69 Å². The molecule has 0 atom stereocenters. The third kappa shape index (κ3) is 1.74. The van der Waals surface area contributed by atoms with Crippen LogP contribution in [0.3, 0.4) is 0 Å². The molecule has 2 heterocycles. The van der Waals surface area contributed by atoms with Crippen molar-refractivity contribution >= 4 is 17.5 Å². The Bertz CT molecular complexity index is 834. The van der Waals surface area contributed by atoms with Crippen LogP contribution in [-0.4, -0.2) is 26.8 Å². The molecule has 4 rings (SSSR count). The lowest BCUT2D eigenvalue weighted by molar-refractivity contribution is 0.0926. The second-order valence-corrected chi connectivity index (χ2v) is 4.86. The SMILES string of the molecule is O=C1c2ccccc2C(=O)N1c1ccc(-n2ccnn2)cc1. The van der Waals surface area contributed by atoms with Gasteiger partial charge in [-0.3, -0.25) is 9.59 Å². The molecule has 0 saturated heterocycles. The summed E-state index contributed by atoms with van der Waals surface area (Å²) in [5.74, 6) is -0.594. The van der Waals surface area contributed by atoms with Crippen LogP contribution in [0.15, 0.2) is 60.9 Å². The molecule has 6 heteroatoms. The van der Waals surface area contributed by atoms with Gasteiger partial charge < -0.3 is 0 Å². The number of hydrogen-bond donors (Lipinski definition) is 0. The van der Waals surface area contributed by atoms with Crippen molar-refractivity contribution in [3.63, 3.8) is 0 Å². The fraction of sp³-hybridized carbons (Fsp3) is 0. The van der Waals surface area contributed by atoms with Gasteiger partial charge in [0.05, 0.1) is 34.9 Å². The van der Waals surface area contributed by atoms with E-state index < -0.39 is 0 Å². The molecular formula is C16H10N4O2. The van der Waals surface area contributed by atoms with Gasteiger partial charge in [-0.1, -0.05) is 17.3 Å². The van der Waals surface area contributed by atoms with Crippen LogP contribution in [0, 0.1) is 0 Å². The quantitative estimate of drug-likeness (QED) is 0.678. The molecule has 0 spiro atoms. The number of amides is 2. The molecule has 0 bridgehead atoms. The van der Waals surface area contributed by atoms with Crippen LogP contribution < -0.4 is 4.90 Å². The fourth-order valence-corrected chi connectivity index (χ4v) is 2.52. The molecule has 6 nitrogen and oxygen atoms in total. The smallest absolute Gasteiger partial charge is 0.266 e. The summed E-state index contributed by atoms with van der Waals surface area (Å²) in [7, 11) is 0. The number of rotatable bonds is 2. The van der Waals surface area contributed by atoms with Crippen LogP contribution in [0.25, 0.3) is 5.69 Å².